The van der Waals surface area contributed by atoms with Gasteiger partial charge in [-0.05, 0) is 20.3 Å². The van der Waals surface area contributed by atoms with Crippen LogP contribution in [0.15, 0.2) is 0 Å². The van der Waals surface area contributed by atoms with Crippen LogP contribution in [-0.4, -0.2) is 36.9 Å². The van der Waals surface area contributed by atoms with Crippen molar-refractivity contribution >= 4 is 11.8 Å². The minimum atomic E-state index is -3.08. The number of carbonyl (C=O) groups excluding carboxylic acids is 2. The van der Waals surface area contributed by atoms with Crippen molar-refractivity contribution < 1.29 is 18.4 Å². The molecule has 0 fully saturated rings. The van der Waals surface area contributed by atoms with Crippen LogP contribution in [0.4, 0.5) is 8.78 Å². The molecule has 0 aliphatic rings. The van der Waals surface area contributed by atoms with E-state index >= 15 is 0 Å². The van der Waals surface area contributed by atoms with Crippen molar-refractivity contribution in [2.45, 2.75) is 45.1 Å². The first kappa shape index (κ1) is 16.8. The summed E-state index contributed by atoms with van der Waals surface area (Å²) in [6.45, 7) is 2.10. The smallest absolute Gasteiger partial charge is 0.277 e. The Balaban J connectivity index is 3.69. The molecule has 0 bridgehead atoms. The number of hydrogen-bond acceptors (Lipinski definition) is 3. The largest absolute Gasteiger partial charge is 0.354 e. The van der Waals surface area contributed by atoms with E-state index in [0.717, 1.165) is 0 Å². The van der Waals surface area contributed by atoms with Gasteiger partial charge in [0.2, 0.25) is 11.8 Å². The molecular weight excluding hydrogens is 244 g/mol. The summed E-state index contributed by atoms with van der Waals surface area (Å²) < 4.78 is 25.4. The molecule has 0 radical (unpaired) electrons. The summed E-state index contributed by atoms with van der Waals surface area (Å²) >= 11 is 0. The van der Waals surface area contributed by atoms with Crippen LogP contribution in [0.5, 0.6) is 0 Å². The molecule has 0 heterocycles. The number of nitrogens with two attached hydrogens (primary N) is 1. The molecule has 0 saturated carbocycles. The van der Waals surface area contributed by atoms with E-state index in [1.807, 2.05) is 13.8 Å². The Kier molecular flexibility index (Phi) is 7.42. The molecule has 0 saturated heterocycles. The Bertz CT molecular complexity index is 283. The fraction of sp³-hybridized carbons (Fsp3) is 0.818. The summed E-state index contributed by atoms with van der Waals surface area (Å²) in [5.74, 6) is -3.73. The molecule has 0 atom stereocenters. The Morgan fingerprint density at radius 1 is 1.22 bits per heavy atom. The number of amides is 2. The van der Waals surface area contributed by atoms with Gasteiger partial charge in [0, 0.05) is 18.9 Å². The first-order valence-corrected chi connectivity index (χ1v) is 5.91. The van der Waals surface area contributed by atoms with Crippen molar-refractivity contribution in [1.29, 1.82) is 0 Å². The lowest BCUT2D eigenvalue weighted by Crippen LogP contribution is -2.41. The van der Waals surface area contributed by atoms with Crippen LogP contribution in [0.1, 0.15) is 33.1 Å². The lowest BCUT2D eigenvalue weighted by Gasteiger charge is -2.14. The predicted molar refractivity (Wildman–Crippen MR) is 64.1 cm³/mol. The highest BCUT2D eigenvalue weighted by Gasteiger charge is 2.26. The van der Waals surface area contributed by atoms with E-state index in [9.17, 15) is 18.4 Å². The molecule has 0 aromatic carbocycles. The number of nitrogens with one attached hydrogen (secondary N) is 2. The summed E-state index contributed by atoms with van der Waals surface area (Å²) in [6, 6.07) is 0.0505. The predicted octanol–water partition coefficient (Wildman–Crippen LogP) is 0.392. The molecule has 0 rings (SSSR count). The molecular formula is C11H21F2N3O2. The molecule has 2 amide bonds. The fourth-order valence-electron chi connectivity index (χ4n) is 1.19. The third kappa shape index (κ3) is 8.86. The minimum Gasteiger partial charge on any atom is -0.354 e. The van der Waals surface area contributed by atoms with Gasteiger partial charge in [0.05, 0.1) is 13.1 Å². The van der Waals surface area contributed by atoms with E-state index in [4.69, 9.17) is 5.73 Å². The Morgan fingerprint density at radius 3 is 2.28 bits per heavy atom. The van der Waals surface area contributed by atoms with Crippen molar-refractivity contribution in [3.63, 3.8) is 0 Å². The fourth-order valence-corrected chi connectivity index (χ4v) is 1.19. The summed E-state index contributed by atoms with van der Waals surface area (Å²) in [5.41, 5.74) is 4.82. The zero-order chi connectivity index (χ0) is 14.2. The lowest BCUT2D eigenvalue weighted by atomic mass is 10.2. The number of alkyl halides is 2. The SMILES string of the molecule is CC(C)NC(=O)CCCC(=O)NCC(F)(F)CN. The van der Waals surface area contributed by atoms with E-state index < -0.39 is 24.9 Å². The number of hydrogen-bond donors (Lipinski definition) is 3. The molecule has 0 aliphatic carbocycles. The van der Waals surface area contributed by atoms with Crippen molar-refractivity contribution in [1.82, 2.24) is 10.6 Å². The zero-order valence-electron chi connectivity index (χ0n) is 10.8. The summed E-state index contributed by atoms with van der Waals surface area (Å²) in [6.07, 6.45) is 0.587. The van der Waals surface area contributed by atoms with Gasteiger partial charge >= 0.3 is 0 Å². The molecule has 5 nitrogen and oxygen atoms in total. The van der Waals surface area contributed by atoms with E-state index in [0.29, 0.717) is 6.42 Å². The minimum absolute atomic E-state index is 0.0478. The third-order valence-electron chi connectivity index (χ3n) is 2.10. The second kappa shape index (κ2) is 7.97. The van der Waals surface area contributed by atoms with Gasteiger partial charge in [-0.25, -0.2) is 8.78 Å². The van der Waals surface area contributed by atoms with Gasteiger partial charge in [0.1, 0.15) is 0 Å². The third-order valence-corrected chi connectivity index (χ3v) is 2.10. The average molecular weight is 265 g/mol. The Morgan fingerprint density at radius 2 is 1.78 bits per heavy atom. The van der Waals surface area contributed by atoms with Crippen LogP contribution in [0, 0.1) is 0 Å². The highest BCUT2D eigenvalue weighted by atomic mass is 19.3. The van der Waals surface area contributed by atoms with E-state index in [1.165, 1.54) is 0 Å². The molecule has 18 heavy (non-hydrogen) atoms. The normalized spacial score (nSPS) is 11.4. The van der Waals surface area contributed by atoms with Crippen molar-refractivity contribution in [3.8, 4) is 0 Å². The topological polar surface area (TPSA) is 84.2 Å². The van der Waals surface area contributed by atoms with Gasteiger partial charge in [0.15, 0.2) is 0 Å². The van der Waals surface area contributed by atoms with Gasteiger partial charge in [-0.1, -0.05) is 0 Å². The standard InChI is InChI=1S/C11H21F2N3O2/c1-8(2)16-10(18)5-3-4-9(17)15-7-11(12,13)6-14/h8H,3-7,14H2,1-2H3,(H,15,17)(H,16,18). The highest BCUT2D eigenvalue weighted by Crippen LogP contribution is 2.08. The first-order valence-electron chi connectivity index (χ1n) is 5.91. The first-order chi connectivity index (χ1) is 8.26. The molecule has 0 aliphatic heterocycles. The van der Waals surface area contributed by atoms with Crippen LogP contribution in [-0.2, 0) is 9.59 Å². The lowest BCUT2D eigenvalue weighted by molar-refractivity contribution is -0.123. The molecule has 7 heteroatoms. The maximum atomic E-state index is 12.7. The number of halogens is 2. The number of rotatable bonds is 8. The van der Waals surface area contributed by atoms with Crippen LogP contribution in [0.2, 0.25) is 0 Å². The summed E-state index contributed by atoms with van der Waals surface area (Å²) in [4.78, 5) is 22.4. The molecule has 0 aromatic heterocycles. The highest BCUT2D eigenvalue weighted by molar-refractivity contribution is 5.78. The Hall–Kier alpha value is -1.24. The summed E-state index contributed by atoms with van der Waals surface area (Å²) in [7, 11) is 0. The number of carbonyl (C=O) groups is 2. The van der Waals surface area contributed by atoms with Crippen LogP contribution >= 0.6 is 0 Å². The van der Waals surface area contributed by atoms with Crippen molar-refractivity contribution in [3.05, 3.63) is 0 Å². The molecule has 0 aromatic rings. The van der Waals surface area contributed by atoms with Gasteiger partial charge in [-0.3, -0.25) is 9.59 Å². The molecule has 106 valence electrons. The van der Waals surface area contributed by atoms with Crippen molar-refractivity contribution in [2.75, 3.05) is 13.1 Å². The van der Waals surface area contributed by atoms with Gasteiger partial charge in [-0.15, -0.1) is 0 Å². The monoisotopic (exact) mass is 265 g/mol. The average Bonchev–Trinajstić information content (AvgIpc) is 2.25. The zero-order valence-corrected chi connectivity index (χ0v) is 10.8. The van der Waals surface area contributed by atoms with E-state index in [-0.39, 0.29) is 24.8 Å². The quantitative estimate of drug-likeness (QED) is 0.593. The van der Waals surface area contributed by atoms with Crippen LogP contribution in [0.25, 0.3) is 0 Å². The van der Waals surface area contributed by atoms with Crippen molar-refractivity contribution in [2.24, 2.45) is 5.73 Å². The maximum absolute atomic E-state index is 12.7. The van der Waals surface area contributed by atoms with Gasteiger partial charge in [-0.2, -0.15) is 0 Å². The second-order valence-electron chi connectivity index (χ2n) is 4.41. The van der Waals surface area contributed by atoms with Gasteiger partial charge in [0.25, 0.3) is 5.92 Å². The van der Waals surface area contributed by atoms with E-state index in [1.54, 1.807) is 0 Å². The molecule has 4 N–H and O–H groups in total. The maximum Gasteiger partial charge on any atom is 0.277 e. The molecule has 0 spiro atoms. The second-order valence-corrected chi connectivity index (χ2v) is 4.41. The Labute approximate surface area is 105 Å². The van der Waals surface area contributed by atoms with Crippen LogP contribution < -0.4 is 16.4 Å². The van der Waals surface area contributed by atoms with Crippen LogP contribution in [0.3, 0.4) is 0 Å². The summed E-state index contributed by atoms with van der Waals surface area (Å²) in [5, 5.41) is 4.76. The van der Waals surface area contributed by atoms with E-state index in [2.05, 4.69) is 10.6 Å². The molecule has 0 unspecified atom stereocenters. The van der Waals surface area contributed by atoms with Gasteiger partial charge < -0.3 is 16.4 Å².